The molecule has 0 aliphatic heterocycles. The van der Waals surface area contributed by atoms with Crippen LogP contribution in [0.15, 0.2) is 0 Å². The monoisotopic (exact) mass is 252 g/mol. The van der Waals surface area contributed by atoms with Crippen LogP contribution in [0, 0.1) is 0 Å². The van der Waals surface area contributed by atoms with Crippen molar-refractivity contribution in [1.29, 1.82) is 0 Å². The molecule has 0 rings (SSSR count). The topological polar surface area (TPSA) is 74.6 Å². The number of carboxylic acid groups (broad SMARTS) is 2. The van der Waals surface area contributed by atoms with Crippen LogP contribution in [0.4, 0.5) is 0 Å². The summed E-state index contributed by atoms with van der Waals surface area (Å²) < 4.78 is 0. The van der Waals surface area contributed by atoms with Crippen LogP contribution in [-0.4, -0.2) is 22.2 Å². The van der Waals surface area contributed by atoms with Crippen molar-refractivity contribution in [2.45, 2.75) is 12.8 Å². The van der Waals surface area contributed by atoms with Gasteiger partial charge < -0.3 is 11.6 Å². The molecule has 9 heavy (non-hydrogen) atoms. The Kier molecular flexibility index (Phi) is 9.98. The van der Waals surface area contributed by atoms with Crippen molar-refractivity contribution in [2.24, 2.45) is 0 Å². The third-order valence-corrected chi connectivity index (χ3v) is 0.553. The normalized spacial score (nSPS) is 7.56. The van der Waals surface area contributed by atoms with Crippen LogP contribution >= 0.6 is 0 Å². The fourth-order valence-corrected chi connectivity index (χ4v) is 0.214. The number of carboxylic acids is 2. The number of hydrogen-bond donors (Lipinski definition) is 2. The Morgan fingerprint density at radius 2 is 1.33 bits per heavy atom. The molecule has 0 bridgehead atoms. The molecule has 0 saturated carbocycles. The minimum atomic E-state index is -1.08. The van der Waals surface area contributed by atoms with Gasteiger partial charge in [0.2, 0.25) is 0 Å². The van der Waals surface area contributed by atoms with E-state index in [-0.39, 0.29) is 83.2 Å². The molecule has 0 radical (unpaired) electrons. The minimum Gasteiger partial charge on any atom is -1.00 e. The van der Waals surface area contributed by atoms with Gasteiger partial charge in [0, 0.05) is 0 Å². The van der Waals surface area contributed by atoms with E-state index >= 15 is 0 Å². The Bertz CT molecular complexity index is 102. The Morgan fingerprint density at radius 3 is 1.44 bits per heavy atom. The predicted molar refractivity (Wildman–Crippen MR) is 25.6 cm³/mol. The summed E-state index contributed by atoms with van der Waals surface area (Å²) in [4.78, 5) is 19.3. The van der Waals surface area contributed by atoms with Crippen LogP contribution in [0.2, 0.25) is 0 Å². The summed E-state index contributed by atoms with van der Waals surface area (Å²) in [5.41, 5.74) is 0. The quantitative estimate of drug-likeness (QED) is 0.563. The summed E-state index contributed by atoms with van der Waals surface area (Å²) in [6, 6.07) is 0. The maximum atomic E-state index is 9.64. The fourth-order valence-electron chi connectivity index (χ4n) is 0.214. The van der Waals surface area contributed by atoms with Crippen LogP contribution in [0.5, 0.6) is 0 Å². The Morgan fingerprint density at radius 1 is 1.11 bits per heavy atom. The smallest absolute Gasteiger partial charge is 1.00 e. The first kappa shape index (κ1) is 12.6. The van der Waals surface area contributed by atoms with Crippen LogP contribution in [-0.2, 0) is 9.59 Å². The number of hydrogen-bond acceptors (Lipinski definition) is 2. The third kappa shape index (κ3) is 12.2. The molecule has 0 saturated heterocycles. The Labute approximate surface area is 113 Å². The molecule has 0 aromatic heterocycles. The molecule has 0 atom stereocenters. The van der Waals surface area contributed by atoms with E-state index in [4.69, 9.17) is 10.2 Å². The van der Waals surface area contributed by atoms with Crippen LogP contribution in [0.3, 0.4) is 0 Å². The Balaban J connectivity index is -0.000000245. The van der Waals surface area contributed by atoms with Crippen molar-refractivity contribution < 1.29 is 90.1 Å². The van der Waals surface area contributed by atoms with Crippen LogP contribution < -0.4 is 68.9 Å². The summed E-state index contributed by atoms with van der Waals surface area (Å²) in [5.74, 6) is -2.15. The molecule has 2 N–H and O–H groups in total. The SMILES string of the molecule is O=C(O)CCC(=O)O.[Cs+].[H-]. The molecule has 0 unspecified atom stereocenters. The molecule has 0 fully saturated rings. The van der Waals surface area contributed by atoms with Gasteiger partial charge in [-0.1, -0.05) is 0 Å². The number of aliphatic carboxylic acids is 2. The van der Waals surface area contributed by atoms with Crippen molar-refractivity contribution in [3.05, 3.63) is 0 Å². The molecule has 0 heterocycles. The van der Waals surface area contributed by atoms with Gasteiger partial charge in [-0.3, -0.25) is 9.59 Å². The van der Waals surface area contributed by atoms with Crippen LogP contribution in [0.1, 0.15) is 14.3 Å². The van der Waals surface area contributed by atoms with E-state index in [0.717, 1.165) is 0 Å². The number of rotatable bonds is 3. The van der Waals surface area contributed by atoms with Gasteiger partial charge in [0.15, 0.2) is 0 Å². The van der Waals surface area contributed by atoms with Crippen molar-refractivity contribution in [1.82, 2.24) is 0 Å². The van der Waals surface area contributed by atoms with Gasteiger partial charge in [0.25, 0.3) is 0 Å². The van der Waals surface area contributed by atoms with Gasteiger partial charge in [-0.2, -0.15) is 0 Å². The van der Waals surface area contributed by atoms with Crippen LogP contribution in [0.25, 0.3) is 0 Å². The summed E-state index contributed by atoms with van der Waals surface area (Å²) >= 11 is 0. The maximum absolute atomic E-state index is 9.64. The van der Waals surface area contributed by atoms with E-state index in [1.54, 1.807) is 0 Å². The summed E-state index contributed by atoms with van der Waals surface area (Å²) in [5, 5.41) is 15.8. The van der Waals surface area contributed by atoms with E-state index in [0.29, 0.717) is 0 Å². The molecular formula is C4H7CsO4. The van der Waals surface area contributed by atoms with E-state index < -0.39 is 11.9 Å². The summed E-state index contributed by atoms with van der Waals surface area (Å²) in [7, 11) is 0. The second kappa shape index (κ2) is 7.10. The molecule has 0 aromatic carbocycles. The first-order chi connectivity index (χ1) is 3.63. The standard InChI is InChI=1S/C4H6O4.Cs.H/c5-3(6)1-2-4(7)8;;/h1-2H2,(H,5,6)(H,7,8);;/q;+1;-1. The second-order valence-corrected chi connectivity index (χ2v) is 1.29. The molecule has 5 heteroatoms. The third-order valence-electron chi connectivity index (χ3n) is 0.553. The average Bonchev–Trinajstić information content (AvgIpc) is 1.61. The van der Waals surface area contributed by atoms with Gasteiger partial charge >= 0.3 is 80.8 Å². The molecule has 0 amide bonds. The van der Waals surface area contributed by atoms with Gasteiger partial charge in [-0.25, -0.2) is 0 Å². The average molecular weight is 252 g/mol. The summed E-state index contributed by atoms with van der Waals surface area (Å²) in [6.45, 7) is 0. The first-order valence-electron chi connectivity index (χ1n) is 2.06. The van der Waals surface area contributed by atoms with Gasteiger partial charge in [-0.15, -0.1) is 0 Å². The van der Waals surface area contributed by atoms with E-state index in [2.05, 4.69) is 0 Å². The first-order valence-corrected chi connectivity index (χ1v) is 2.06. The summed E-state index contributed by atoms with van der Waals surface area (Å²) in [6.07, 6.45) is -0.593. The van der Waals surface area contributed by atoms with Gasteiger partial charge in [0.1, 0.15) is 0 Å². The van der Waals surface area contributed by atoms with Crippen molar-refractivity contribution >= 4 is 11.9 Å². The minimum absolute atomic E-state index is 0. The van der Waals surface area contributed by atoms with Crippen molar-refractivity contribution in [3.63, 3.8) is 0 Å². The Hall–Kier alpha value is 0.992. The van der Waals surface area contributed by atoms with E-state index in [9.17, 15) is 9.59 Å². The molecule has 0 spiro atoms. The molecule has 0 aliphatic rings. The molecule has 4 nitrogen and oxygen atoms in total. The predicted octanol–water partition coefficient (Wildman–Crippen LogP) is -2.95. The van der Waals surface area contributed by atoms with E-state index in [1.165, 1.54) is 0 Å². The molecule has 0 aliphatic carbocycles. The molecular weight excluding hydrogens is 245 g/mol. The number of carbonyl (C=O) groups is 2. The zero-order chi connectivity index (χ0) is 6.57. The maximum Gasteiger partial charge on any atom is 1.00 e. The largest absolute Gasteiger partial charge is 1.00 e. The second-order valence-electron chi connectivity index (χ2n) is 1.29. The molecule has 48 valence electrons. The van der Waals surface area contributed by atoms with Crippen molar-refractivity contribution in [2.75, 3.05) is 0 Å². The van der Waals surface area contributed by atoms with Gasteiger partial charge in [0.05, 0.1) is 12.8 Å². The van der Waals surface area contributed by atoms with Gasteiger partial charge in [-0.05, 0) is 0 Å². The van der Waals surface area contributed by atoms with E-state index in [1.807, 2.05) is 0 Å². The zero-order valence-electron chi connectivity index (χ0n) is 6.13. The van der Waals surface area contributed by atoms with Crippen molar-refractivity contribution in [3.8, 4) is 0 Å². The molecule has 0 aromatic rings. The fraction of sp³-hybridized carbons (Fsp3) is 0.500. The zero-order valence-corrected chi connectivity index (χ0v) is 11.4.